The lowest BCUT2D eigenvalue weighted by atomic mass is 9.88. The molecule has 0 aliphatic carbocycles. The molecule has 110 valence electrons. The van der Waals surface area contributed by atoms with Crippen LogP contribution in [-0.2, 0) is 9.47 Å². The van der Waals surface area contributed by atoms with E-state index in [1.807, 2.05) is 33.8 Å². The molecule has 1 aliphatic rings. The molecule has 4 heteroatoms. The fourth-order valence-corrected chi connectivity index (χ4v) is 2.34. The Labute approximate surface area is 116 Å². The number of ether oxygens (including phenoxy) is 2. The Morgan fingerprint density at radius 2 is 2.11 bits per heavy atom. The minimum Gasteiger partial charge on any atom is -0.444 e. The number of carbonyl (C=O) groups excluding carboxylic acids is 1. The largest absolute Gasteiger partial charge is 0.444 e. The predicted molar refractivity (Wildman–Crippen MR) is 76.1 cm³/mol. The lowest BCUT2D eigenvalue weighted by Gasteiger charge is -2.39. The molecule has 0 aromatic rings. The fraction of sp³-hybridized carbons (Fsp3) is 0.800. The summed E-state index contributed by atoms with van der Waals surface area (Å²) in [7, 11) is 0. The third-order valence-electron chi connectivity index (χ3n) is 3.32. The van der Waals surface area contributed by atoms with E-state index in [-0.39, 0.29) is 24.3 Å². The molecule has 4 nitrogen and oxygen atoms in total. The summed E-state index contributed by atoms with van der Waals surface area (Å²) in [6, 6.07) is 0.00548. The molecule has 1 fully saturated rings. The van der Waals surface area contributed by atoms with Crippen molar-refractivity contribution in [3.8, 4) is 0 Å². The molecule has 1 N–H and O–H groups in total. The smallest absolute Gasteiger partial charge is 0.407 e. The zero-order valence-corrected chi connectivity index (χ0v) is 12.7. The standard InChI is InChI=1S/C15H27NO3/c1-7-8-13-10(2)9-12(11(3)18-13)16-14(17)19-15(4,5)6/h7,10-13H,1,8-9H2,2-6H3,(H,16,17). The van der Waals surface area contributed by atoms with Gasteiger partial charge in [0.05, 0.1) is 18.2 Å². The second-order valence-electron chi connectivity index (χ2n) is 6.37. The highest BCUT2D eigenvalue weighted by atomic mass is 16.6. The number of amides is 1. The van der Waals surface area contributed by atoms with Crippen LogP contribution >= 0.6 is 0 Å². The molecule has 0 aromatic heterocycles. The third-order valence-corrected chi connectivity index (χ3v) is 3.32. The summed E-state index contributed by atoms with van der Waals surface area (Å²) >= 11 is 0. The second kappa shape index (κ2) is 6.42. The van der Waals surface area contributed by atoms with Gasteiger partial charge >= 0.3 is 6.09 Å². The van der Waals surface area contributed by atoms with Crippen LogP contribution in [0.2, 0.25) is 0 Å². The van der Waals surface area contributed by atoms with Crippen LogP contribution in [0.25, 0.3) is 0 Å². The third kappa shape index (κ3) is 5.23. The summed E-state index contributed by atoms with van der Waals surface area (Å²) in [5.74, 6) is 0.397. The summed E-state index contributed by atoms with van der Waals surface area (Å²) in [4.78, 5) is 11.8. The van der Waals surface area contributed by atoms with Crippen LogP contribution in [0.4, 0.5) is 4.79 Å². The van der Waals surface area contributed by atoms with Gasteiger partial charge in [-0.15, -0.1) is 6.58 Å². The predicted octanol–water partition coefficient (Wildman–Crippen LogP) is 3.27. The van der Waals surface area contributed by atoms with Crippen molar-refractivity contribution < 1.29 is 14.3 Å². The lowest BCUT2D eigenvalue weighted by Crippen LogP contribution is -2.51. The Hall–Kier alpha value is -1.03. The van der Waals surface area contributed by atoms with Crippen molar-refractivity contribution in [1.29, 1.82) is 0 Å². The van der Waals surface area contributed by atoms with Gasteiger partial charge in [0.15, 0.2) is 0 Å². The Morgan fingerprint density at radius 3 is 2.63 bits per heavy atom. The van der Waals surface area contributed by atoms with Crippen LogP contribution in [0, 0.1) is 5.92 Å². The minimum absolute atomic E-state index is 0.00548. The molecule has 0 spiro atoms. The number of hydrogen-bond donors (Lipinski definition) is 1. The van der Waals surface area contributed by atoms with Gasteiger partial charge in [-0.25, -0.2) is 4.79 Å². The summed E-state index contributed by atoms with van der Waals surface area (Å²) in [6.07, 6.45) is 3.46. The summed E-state index contributed by atoms with van der Waals surface area (Å²) in [6.45, 7) is 13.5. The highest BCUT2D eigenvalue weighted by Gasteiger charge is 2.34. The molecule has 0 radical (unpaired) electrons. The average molecular weight is 269 g/mol. The molecular formula is C15H27NO3. The number of hydrogen-bond acceptors (Lipinski definition) is 3. The molecule has 19 heavy (non-hydrogen) atoms. The van der Waals surface area contributed by atoms with E-state index in [2.05, 4.69) is 18.8 Å². The molecule has 0 bridgehead atoms. The van der Waals surface area contributed by atoms with Gasteiger partial charge in [0.1, 0.15) is 5.60 Å². The fourth-order valence-electron chi connectivity index (χ4n) is 2.34. The zero-order chi connectivity index (χ0) is 14.6. The molecule has 1 rings (SSSR count). The number of alkyl carbamates (subject to hydrolysis) is 1. The number of rotatable bonds is 3. The van der Waals surface area contributed by atoms with E-state index >= 15 is 0 Å². The Bertz CT molecular complexity index is 322. The maximum absolute atomic E-state index is 11.8. The van der Waals surface area contributed by atoms with Crippen molar-refractivity contribution >= 4 is 6.09 Å². The van der Waals surface area contributed by atoms with Crippen molar-refractivity contribution in [3.05, 3.63) is 12.7 Å². The van der Waals surface area contributed by atoms with Crippen LogP contribution in [0.1, 0.15) is 47.5 Å². The SMILES string of the molecule is C=CCC1OC(C)C(NC(=O)OC(C)(C)C)CC1C. The van der Waals surface area contributed by atoms with E-state index in [0.717, 1.165) is 12.8 Å². The van der Waals surface area contributed by atoms with Crippen LogP contribution in [0.15, 0.2) is 12.7 Å². The number of nitrogens with one attached hydrogen (secondary N) is 1. The maximum atomic E-state index is 11.8. The van der Waals surface area contributed by atoms with E-state index < -0.39 is 5.60 Å². The topological polar surface area (TPSA) is 47.6 Å². The van der Waals surface area contributed by atoms with Crippen LogP contribution in [-0.4, -0.2) is 29.9 Å². The zero-order valence-electron chi connectivity index (χ0n) is 12.7. The lowest BCUT2D eigenvalue weighted by molar-refractivity contribution is -0.0861. The Morgan fingerprint density at radius 1 is 1.47 bits per heavy atom. The van der Waals surface area contributed by atoms with Gasteiger partial charge in [-0.05, 0) is 46.5 Å². The highest BCUT2D eigenvalue weighted by Crippen LogP contribution is 2.27. The summed E-state index contributed by atoms with van der Waals surface area (Å²) in [5.41, 5.74) is -0.472. The quantitative estimate of drug-likeness (QED) is 0.800. The molecule has 4 atom stereocenters. The van der Waals surface area contributed by atoms with Crippen molar-refractivity contribution in [3.63, 3.8) is 0 Å². The van der Waals surface area contributed by atoms with Gasteiger partial charge < -0.3 is 14.8 Å². The number of carbonyl (C=O) groups is 1. The van der Waals surface area contributed by atoms with E-state index in [0.29, 0.717) is 5.92 Å². The molecule has 1 aliphatic heterocycles. The molecular weight excluding hydrogens is 242 g/mol. The molecule has 0 saturated carbocycles. The van der Waals surface area contributed by atoms with Crippen molar-refractivity contribution in [2.24, 2.45) is 5.92 Å². The van der Waals surface area contributed by atoms with Gasteiger partial charge in [-0.3, -0.25) is 0 Å². The first-order chi connectivity index (χ1) is 8.73. The van der Waals surface area contributed by atoms with Crippen LogP contribution in [0.5, 0.6) is 0 Å². The first-order valence-corrected chi connectivity index (χ1v) is 6.99. The highest BCUT2D eigenvalue weighted by molar-refractivity contribution is 5.68. The van der Waals surface area contributed by atoms with Crippen LogP contribution < -0.4 is 5.32 Å². The van der Waals surface area contributed by atoms with Gasteiger partial charge in [0.25, 0.3) is 0 Å². The summed E-state index contributed by atoms with van der Waals surface area (Å²) in [5, 5.41) is 2.91. The molecule has 0 aromatic carbocycles. The van der Waals surface area contributed by atoms with Gasteiger partial charge in [-0.2, -0.15) is 0 Å². The molecule has 1 heterocycles. The van der Waals surface area contributed by atoms with Gasteiger partial charge in [0, 0.05) is 0 Å². The van der Waals surface area contributed by atoms with Crippen molar-refractivity contribution in [2.75, 3.05) is 0 Å². The second-order valence-corrected chi connectivity index (χ2v) is 6.37. The molecule has 1 saturated heterocycles. The van der Waals surface area contributed by atoms with E-state index in [4.69, 9.17) is 9.47 Å². The molecule has 4 unspecified atom stereocenters. The average Bonchev–Trinajstić information content (AvgIpc) is 2.22. The normalized spacial score (nSPS) is 31.6. The monoisotopic (exact) mass is 269 g/mol. The van der Waals surface area contributed by atoms with Crippen LogP contribution in [0.3, 0.4) is 0 Å². The minimum atomic E-state index is -0.472. The summed E-state index contributed by atoms with van der Waals surface area (Å²) < 4.78 is 11.2. The Kier molecular flexibility index (Phi) is 5.41. The van der Waals surface area contributed by atoms with E-state index in [9.17, 15) is 4.79 Å². The Balaban J connectivity index is 2.52. The van der Waals surface area contributed by atoms with Crippen molar-refractivity contribution in [2.45, 2.75) is 71.3 Å². The first-order valence-electron chi connectivity index (χ1n) is 6.99. The van der Waals surface area contributed by atoms with E-state index in [1.165, 1.54) is 0 Å². The van der Waals surface area contributed by atoms with Gasteiger partial charge in [-0.1, -0.05) is 13.0 Å². The van der Waals surface area contributed by atoms with E-state index in [1.54, 1.807) is 0 Å². The van der Waals surface area contributed by atoms with Crippen molar-refractivity contribution in [1.82, 2.24) is 5.32 Å². The van der Waals surface area contributed by atoms with Gasteiger partial charge in [0.2, 0.25) is 0 Å². The molecule has 1 amide bonds. The first kappa shape index (κ1) is 16.0. The maximum Gasteiger partial charge on any atom is 0.407 e.